The van der Waals surface area contributed by atoms with Crippen molar-refractivity contribution in [1.29, 1.82) is 0 Å². The number of piperazine rings is 1. The van der Waals surface area contributed by atoms with Crippen LogP contribution in [0.4, 0.5) is 4.39 Å². The van der Waals surface area contributed by atoms with Crippen molar-refractivity contribution in [2.75, 3.05) is 26.7 Å². The van der Waals surface area contributed by atoms with Gasteiger partial charge in [-0.3, -0.25) is 9.88 Å². The molecule has 1 aromatic heterocycles. The minimum absolute atomic E-state index is 0.202. The van der Waals surface area contributed by atoms with Crippen LogP contribution in [0, 0.1) is 5.82 Å². The zero-order valence-electron chi connectivity index (χ0n) is 12.6. The van der Waals surface area contributed by atoms with Gasteiger partial charge in [0.05, 0.1) is 19.3 Å². The van der Waals surface area contributed by atoms with E-state index in [1.165, 1.54) is 6.20 Å². The molecule has 116 valence electrons. The molecule has 0 spiro atoms. The molecule has 0 saturated carbocycles. The largest absolute Gasteiger partial charge is 0.496 e. The highest BCUT2D eigenvalue weighted by Crippen LogP contribution is 2.31. The lowest BCUT2D eigenvalue weighted by Crippen LogP contribution is -2.45. The third kappa shape index (κ3) is 3.26. The third-order valence-corrected chi connectivity index (χ3v) is 4.00. The van der Waals surface area contributed by atoms with Crippen LogP contribution in [0.25, 0.3) is 0 Å². The van der Waals surface area contributed by atoms with Gasteiger partial charge in [0.1, 0.15) is 11.6 Å². The van der Waals surface area contributed by atoms with Gasteiger partial charge in [-0.05, 0) is 17.7 Å². The van der Waals surface area contributed by atoms with Crippen molar-refractivity contribution in [2.45, 2.75) is 12.6 Å². The van der Waals surface area contributed by atoms with Crippen molar-refractivity contribution in [3.8, 4) is 5.75 Å². The Morgan fingerprint density at radius 1 is 1.36 bits per heavy atom. The molecule has 1 fully saturated rings. The van der Waals surface area contributed by atoms with E-state index in [0.717, 1.165) is 36.5 Å². The minimum Gasteiger partial charge on any atom is -0.496 e. The van der Waals surface area contributed by atoms with Gasteiger partial charge in [-0.1, -0.05) is 18.2 Å². The molecule has 5 heteroatoms. The van der Waals surface area contributed by atoms with Crippen molar-refractivity contribution in [1.82, 2.24) is 15.2 Å². The second-order valence-corrected chi connectivity index (χ2v) is 5.44. The molecule has 4 nitrogen and oxygen atoms in total. The average molecular weight is 301 g/mol. The van der Waals surface area contributed by atoms with Gasteiger partial charge < -0.3 is 10.1 Å². The van der Waals surface area contributed by atoms with E-state index in [-0.39, 0.29) is 11.9 Å². The number of halogens is 1. The lowest BCUT2D eigenvalue weighted by molar-refractivity contribution is 0.150. The highest BCUT2D eigenvalue weighted by Gasteiger charge is 2.26. The molecule has 0 bridgehead atoms. The number of hydrogen-bond donors (Lipinski definition) is 1. The summed E-state index contributed by atoms with van der Waals surface area (Å²) in [6.45, 7) is 3.35. The molecule has 1 N–H and O–H groups in total. The van der Waals surface area contributed by atoms with Crippen LogP contribution in [0.15, 0.2) is 42.7 Å². The van der Waals surface area contributed by atoms with Gasteiger partial charge in [0.25, 0.3) is 0 Å². The van der Waals surface area contributed by atoms with E-state index in [9.17, 15) is 4.39 Å². The molecule has 0 radical (unpaired) electrons. The molecule has 3 rings (SSSR count). The number of hydrogen-bond acceptors (Lipinski definition) is 4. The van der Waals surface area contributed by atoms with Crippen LogP contribution in [0.5, 0.6) is 5.75 Å². The Balaban J connectivity index is 1.85. The lowest BCUT2D eigenvalue weighted by Gasteiger charge is -2.37. The summed E-state index contributed by atoms with van der Waals surface area (Å²) in [4.78, 5) is 6.28. The first-order chi connectivity index (χ1) is 10.8. The van der Waals surface area contributed by atoms with Crippen LogP contribution in [-0.4, -0.2) is 36.6 Å². The summed E-state index contributed by atoms with van der Waals surface area (Å²) in [6.07, 6.45) is 2.96. The van der Waals surface area contributed by atoms with Crippen molar-refractivity contribution in [3.63, 3.8) is 0 Å². The molecular weight excluding hydrogens is 281 g/mol. The van der Waals surface area contributed by atoms with E-state index in [2.05, 4.69) is 21.3 Å². The van der Waals surface area contributed by atoms with Crippen LogP contribution in [-0.2, 0) is 6.54 Å². The summed E-state index contributed by atoms with van der Waals surface area (Å²) in [5, 5.41) is 3.42. The zero-order chi connectivity index (χ0) is 15.4. The molecule has 1 unspecified atom stereocenters. The molecule has 2 heterocycles. The Bertz CT molecular complexity index is 635. The van der Waals surface area contributed by atoms with E-state index in [1.807, 2.05) is 18.2 Å². The van der Waals surface area contributed by atoms with Crippen LogP contribution < -0.4 is 10.1 Å². The predicted octanol–water partition coefficient (Wildman–Crippen LogP) is 2.38. The zero-order valence-corrected chi connectivity index (χ0v) is 12.6. The molecule has 0 aliphatic carbocycles. The van der Waals surface area contributed by atoms with Gasteiger partial charge in [-0.2, -0.15) is 0 Å². The molecule has 1 aliphatic heterocycles. The van der Waals surface area contributed by atoms with Gasteiger partial charge in [0.15, 0.2) is 0 Å². The van der Waals surface area contributed by atoms with E-state index in [0.29, 0.717) is 6.54 Å². The Labute approximate surface area is 129 Å². The first-order valence-corrected chi connectivity index (χ1v) is 7.45. The van der Waals surface area contributed by atoms with E-state index >= 15 is 0 Å². The maximum atomic E-state index is 13.3. The number of nitrogens with one attached hydrogen (secondary N) is 1. The van der Waals surface area contributed by atoms with Gasteiger partial charge >= 0.3 is 0 Å². The number of methoxy groups -OCH3 is 1. The number of ether oxygens (including phenoxy) is 1. The monoisotopic (exact) mass is 301 g/mol. The number of aromatic nitrogens is 1. The average Bonchev–Trinajstić information content (AvgIpc) is 2.55. The van der Waals surface area contributed by atoms with Crippen molar-refractivity contribution < 1.29 is 9.13 Å². The van der Waals surface area contributed by atoms with Crippen molar-refractivity contribution >= 4 is 0 Å². The highest BCUT2D eigenvalue weighted by molar-refractivity contribution is 5.36. The fourth-order valence-electron chi connectivity index (χ4n) is 2.96. The molecule has 1 aromatic carbocycles. The number of rotatable bonds is 4. The SMILES string of the molecule is COc1ccccc1C1CNCCN1Cc1cncc(F)c1. The van der Waals surface area contributed by atoms with Gasteiger partial charge in [0.2, 0.25) is 0 Å². The maximum Gasteiger partial charge on any atom is 0.141 e. The Kier molecular flexibility index (Phi) is 4.65. The van der Waals surface area contributed by atoms with E-state index in [1.54, 1.807) is 19.4 Å². The molecule has 1 aliphatic rings. The normalized spacial score (nSPS) is 19.1. The van der Waals surface area contributed by atoms with E-state index in [4.69, 9.17) is 4.74 Å². The smallest absolute Gasteiger partial charge is 0.141 e. The summed E-state index contributed by atoms with van der Waals surface area (Å²) in [6, 6.07) is 9.81. The van der Waals surface area contributed by atoms with Crippen LogP contribution in [0.2, 0.25) is 0 Å². The predicted molar refractivity (Wildman–Crippen MR) is 83.2 cm³/mol. The summed E-state index contributed by atoms with van der Waals surface area (Å²) >= 11 is 0. The molecular formula is C17H20FN3O. The van der Waals surface area contributed by atoms with Crippen LogP contribution in [0.3, 0.4) is 0 Å². The van der Waals surface area contributed by atoms with E-state index < -0.39 is 0 Å². The molecule has 1 atom stereocenters. The van der Waals surface area contributed by atoms with Gasteiger partial charge in [0, 0.05) is 37.9 Å². The number of nitrogens with zero attached hydrogens (tertiary/aromatic N) is 2. The quantitative estimate of drug-likeness (QED) is 0.941. The second-order valence-electron chi connectivity index (χ2n) is 5.44. The maximum absolute atomic E-state index is 13.3. The van der Waals surface area contributed by atoms with Gasteiger partial charge in [-0.25, -0.2) is 4.39 Å². The first kappa shape index (κ1) is 14.9. The van der Waals surface area contributed by atoms with Gasteiger partial charge in [-0.15, -0.1) is 0 Å². The van der Waals surface area contributed by atoms with Crippen LogP contribution in [0.1, 0.15) is 17.2 Å². The van der Waals surface area contributed by atoms with Crippen molar-refractivity contribution in [3.05, 3.63) is 59.7 Å². The first-order valence-electron chi connectivity index (χ1n) is 7.45. The third-order valence-electron chi connectivity index (χ3n) is 4.00. The highest BCUT2D eigenvalue weighted by atomic mass is 19.1. The second kappa shape index (κ2) is 6.85. The van der Waals surface area contributed by atoms with Crippen molar-refractivity contribution in [2.24, 2.45) is 0 Å². The minimum atomic E-state index is -0.290. The molecule has 1 saturated heterocycles. The lowest BCUT2D eigenvalue weighted by atomic mass is 10.0. The topological polar surface area (TPSA) is 37.4 Å². The Hall–Kier alpha value is -1.98. The fraction of sp³-hybridized carbons (Fsp3) is 0.353. The number of para-hydroxylation sites is 1. The summed E-state index contributed by atoms with van der Waals surface area (Å²) in [5.41, 5.74) is 2.04. The number of benzene rings is 1. The Morgan fingerprint density at radius 2 is 2.23 bits per heavy atom. The summed E-state index contributed by atoms with van der Waals surface area (Å²) < 4.78 is 18.8. The number of pyridine rings is 1. The summed E-state index contributed by atoms with van der Waals surface area (Å²) in [5.74, 6) is 0.597. The summed E-state index contributed by atoms with van der Waals surface area (Å²) in [7, 11) is 1.69. The molecule has 0 amide bonds. The molecule has 2 aromatic rings. The fourth-order valence-corrected chi connectivity index (χ4v) is 2.96. The standard InChI is InChI=1S/C17H20FN3O/c1-22-17-5-3-2-4-15(17)16-11-19-6-7-21(16)12-13-8-14(18)10-20-9-13/h2-5,8-10,16,19H,6-7,11-12H2,1H3. The molecule has 22 heavy (non-hydrogen) atoms. The Morgan fingerprint density at radius 3 is 3.05 bits per heavy atom. The van der Waals surface area contributed by atoms with Crippen LogP contribution >= 0.6 is 0 Å².